The molecule has 0 bridgehead atoms. The van der Waals surface area contributed by atoms with Crippen LogP contribution in [0.15, 0.2) is 0 Å². The van der Waals surface area contributed by atoms with E-state index in [1.165, 1.54) is 0 Å². The number of aliphatic carboxylic acids is 1. The number of hydrogen-bond acceptors (Lipinski definition) is 4. The third-order valence-corrected chi connectivity index (χ3v) is 3.30. The highest BCUT2D eigenvalue weighted by molar-refractivity contribution is 5.89. The molecule has 0 spiro atoms. The van der Waals surface area contributed by atoms with Crippen LogP contribution in [0.4, 0.5) is 0 Å². The molecule has 18 heavy (non-hydrogen) atoms. The van der Waals surface area contributed by atoms with Crippen LogP contribution >= 0.6 is 0 Å². The van der Waals surface area contributed by atoms with Crippen molar-refractivity contribution in [1.82, 2.24) is 5.32 Å². The standard InChI is InChI=1S/C12H19NO5/c1-7(5-18-8-2-3-17-6-8)13-11(14)9-4-10(9)12(15)16/h7-10H,2-6H2,1H3,(H,13,14)(H,15,16)/t7-,8-,9+,10-/m1/s1. The second kappa shape index (κ2) is 5.67. The molecule has 1 saturated heterocycles. The Kier molecular flexibility index (Phi) is 4.19. The molecular formula is C12H19NO5. The fourth-order valence-electron chi connectivity index (χ4n) is 2.07. The van der Waals surface area contributed by atoms with E-state index in [1.54, 1.807) is 0 Å². The Balaban J connectivity index is 1.63. The van der Waals surface area contributed by atoms with Crippen molar-refractivity contribution in [1.29, 1.82) is 0 Å². The van der Waals surface area contributed by atoms with Crippen molar-refractivity contribution in [3.8, 4) is 0 Å². The predicted molar refractivity (Wildman–Crippen MR) is 62.0 cm³/mol. The second-order valence-corrected chi connectivity index (χ2v) is 5.02. The number of rotatable bonds is 6. The van der Waals surface area contributed by atoms with Crippen LogP contribution in [0.3, 0.4) is 0 Å². The number of ether oxygens (including phenoxy) is 2. The number of carboxylic acid groups (broad SMARTS) is 1. The fraction of sp³-hybridized carbons (Fsp3) is 0.833. The zero-order chi connectivity index (χ0) is 13.1. The van der Waals surface area contributed by atoms with Crippen LogP contribution in [0, 0.1) is 11.8 Å². The highest BCUT2D eigenvalue weighted by Gasteiger charge is 2.48. The van der Waals surface area contributed by atoms with E-state index in [2.05, 4.69) is 5.32 Å². The van der Waals surface area contributed by atoms with Crippen LogP contribution in [0.1, 0.15) is 19.8 Å². The first-order valence-corrected chi connectivity index (χ1v) is 6.30. The summed E-state index contributed by atoms with van der Waals surface area (Å²) in [7, 11) is 0. The zero-order valence-electron chi connectivity index (χ0n) is 10.4. The minimum atomic E-state index is -0.887. The van der Waals surface area contributed by atoms with Gasteiger partial charge in [0.25, 0.3) is 0 Å². The average Bonchev–Trinajstić information content (AvgIpc) is 2.97. The molecule has 0 unspecified atom stereocenters. The minimum Gasteiger partial charge on any atom is -0.481 e. The Morgan fingerprint density at radius 2 is 2.28 bits per heavy atom. The van der Waals surface area contributed by atoms with Crippen LogP contribution in [0.25, 0.3) is 0 Å². The van der Waals surface area contributed by atoms with Crippen molar-refractivity contribution < 1.29 is 24.2 Å². The first-order chi connectivity index (χ1) is 8.58. The van der Waals surface area contributed by atoms with E-state index in [9.17, 15) is 9.59 Å². The largest absolute Gasteiger partial charge is 0.481 e. The molecule has 6 nitrogen and oxygen atoms in total. The summed E-state index contributed by atoms with van der Waals surface area (Å²) in [4.78, 5) is 22.3. The fourth-order valence-corrected chi connectivity index (χ4v) is 2.07. The van der Waals surface area contributed by atoms with Gasteiger partial charge in [0.1, 0.15) is 0 Å². The number of carboxylic acids is 1. The number of hydrogen-bond donors (Lipinski definition) is 2. The number of carbonyl (C=O) groups excluding carboxylic acids is 1. The number of amides is 1. The molecule has 1 aliphatic heterocycles. The molecule has 2 aliphatic rings. The maximum atomic E-state index is 11.7. The van der Waals surface area contributed by atoms with Gasteiger partial charge in [0.05, 0.1) is 31.2 Å². The molecule has 1 amide bonds. The van der Waals surface area contributed by atoms with E-state index in [0.717, 1.165) is 13.0 Å². The Morgan fingerprint density at radius 3 is 2.83 bits per heavy atom. The molecule has 0 aromatic heterocycles. The summed E-state index contributed by atoms with van der Waals surface area (Å²) >= 11 is 0. The van der Waals surface area contributed by atoms with Gasteiger partial charge < -0.3 is 19.9 Å². The third kappa shape index (κ3) is 3.43. The summed E-state index contributed by atoms with van der Waals surface area (Å²) in [6.45, 7) is 3.63. The van der Waals surface area contributed by atoms with Gasteiger partial charge in [-0.2, -0.15) is 0 Å². The topological polar surface area (TPSA) is 84.9 Å². The van der Waals surface area contributed by atoms with Gasteiger partial charge in [0.15, 0.2) is 0 Å². The van der Waals surface area contributed by atoms with Crippen LogP contribution < -0.4 is 5.32 Å². The van der Waals surface area contributed by atoms with E-state index in [1.807, 2.05) is 6.92 Å². The molecule has 6 heteroatoms. The van der Waals surface area contributed by atoms with Crippen molar-refractivity contribution in [2.24, 2.45) is 11.8 Å². The lowest BCUT2D eigenvalue weighted by atomic mass is 10.2. The van der Waals surface area contributed by atoms with Gasteiger partial charge in [-0.3, -0.25) is 9.59 Å². The molecule has 4 atom stereocenters. The van der Waals surface area contributed by atoms with Crippen LogP contribution in [-0.2, 0) is 19.1 Å². The first-order valence-electron chi connectivity index (χ1n) is 6.30. The van der Waals surface area contributed by atoms with Gasteiger partial charge >= 0.3 is 5.97 Å². The lowest BCUT2D eigenvalue weighted by Gasteiger charge is -2.16. The Hall–Kier alpha value is -1.14. The molecule has 0 aromatic carbocycles. The Morgan fingerprint density at radius 1 is 1.50 bits per heavy atom. The summed E-state index contributed by atoms with van der Waals surface area (Å²) in [6, 6.07) is -0.104. The van der Waals surface area contributed by atoms with Crippen LogP contribution in [0.5, 0.6) is 0 Å². The number of nitrogens with one attached hydrogen (secondary N) is 1. The highest BCUT2D eigenvalue weighted by Crippen LogP contribution is 2.38. The van der Waals surface area contributed by atoms with Gasteiger partial charge in [-0.25, -0.2) is 0 Å². The molecule has 2 rings (SSSR count). The summed E-state index contributed by atoms with van der Waals surface area (Å²) < 4.78 is 10.8. The smallest absolute Gasteiger partial charge is 0.307 e. The van der Waals surface area contributed by atoms with Gasteiger partial charge in [-0.15, -0.1) is 0 Å². The Bertz CT molecular complexity index is 326. The average molecular weight is 257 g/mol. The summed E-state index contributed by atoms with van der Waals surface area (Å²) in [5.41, 5.74) is 0. The summed E-state index contributed by atoms with van der Waals surface area (Å²) in [6.07, 6.45) is 1.47. The van der Waals surface area contributed by atoms with E-state index in [4.69, 9.17) is 14.6 Å². The molecule has 0 radical (unpaired) electrons. The van der Waals surface area contributed by atoms with Gasteiger partial charge in [0.2, 0.25) is 5.91 Å². The van der Waals surface area contributed by atoms with Crippen LogP contribution in [-0.4, -0.2) is 48.9 Å². The van der Waals surface area contributed by atoms with Crippen molar-refractivity contribution in [3.63, 3.8) is 0 Å². The van der Waals surface area contributed by atoms with Crippen molar-refractivity contribution in [2.75, 3.05) is 19.8 Å². The normalized spacial score (nSPS) is 31.9. The highest BCUT2D eigenvalue weighted by atomic mass is 16.5. The minimum absolute atomic E-state index is 0.104. The van der Waals surface area contributed by atoms with E-state index < -0.39 is 11.9 Å². The second-order valence-electron chi connectivity index (χ2n) is 5.02. The van der Waals surface area contributed by atoms with Gasteiger partial charge in [-0.05, 0) is 19.8 Å². The summed E-state index contributed by atoms with van der Waals surface area (Å²) in [5, 5.41) is 11.5. The molecule has 0 aromatic rings. The van der Waals surface area contributed by atoms with Crippen molar-refractivity contribution in [3.05, 3.63) is 0 Å². The molecule has 102 valence electrons. The molecule has 2 N–H and O–H groups in total. The lowest BCUT2D eigenvalue weighted by Crippen LogP contribution is -2.38. The monoisotopic (exact) mass is 257 g/mol. The maximum absolute atomic E-state index is 11.7. The Labute approximate surface area is 106 Å². The molecule has 1 saturated carbocycles. The first kappa shape index (κ1) is 13.3. The lowest BCUT2D eigenvalue weighted by molar-refractivity contribution is -0.140. The molecule has 1 aliphatic carbocycles. The molecule has 1 heterocycles. The van der Waals surface area contributed by atoms with Gasteiger partial charge in [0, 0.05) is 12.6 Å². The molecular weight excluding hydrogens is 238 g/mol. The number of carbonyl (C=O) groups is 2. The van der Waals surface area contributed by atoms with Gasteiger partial charge in [-0.1, -0.05) is 0 Å². The van der Waals surface area contributed by atoms with E-state index in [-0.39, 0.29) is 24.0 Å². The predicted octanol–water partition coefficient (Wildman–Crippen LogP) is 0.0173. The third-order valence-electron chi connectivity index (χ3n) is 3.30. The SMILES string of the molecule is C[C@H](CO[C@@H]1CCOC1)NC(=O)[C@H]1C[C@H]1C(=O)O. The van der Waals surface area contributed by atoms with Crippen LogP contribution in [0.2, 0.25) is 0 Å². The van der Waals surface area contributed by atoms with Crippen molar-refractivity contribution in [2.45, 2.75) is 31.9 Å². The molecule has 2 fully saturated rings. The summed E-state index contributed by atoms with van der Waals surface area (Å²) in [5.74, 6) is -1.93. The van der Waals surface area contributed by atoms with E-state index in [0.29, 0.717) is 19.6 Å². The quantitative estimate of drug-likeness (QED) is 0.700. The van der Waals surface area contributed by atoms with Crippen molar-refractivity contribution >= 4 is 11.9 Å². The maximum Gasteiger partial charge on any atom is 0.307 e. The zero-order valence-corrected chi connectivity index (χ0v) is 10.4. The van der Waals surface area contributed by atoms with E-state index >= 15 is 0 Å².